The number of aliphatic hydroxyl groups is 1. The number of benzene rings is 1. The molecule has 2 aliphatic heterocycles. The number of anilines is 4. The van der Waals surface area contributed by atoms with Crippen molar-refractivity contribution >= 4 is 28.9 Å². The van der Waals surface area contributed by atoms with Gasteiger partial charge in [0.25, 0.3) is 0 Å². The van der Waals surface area contributed by atoms with Crippen LogP contribution in [0.2, 0.25) is 0 Å². The highest BCUT2D eigenvalue weighted by molar-refractivity contribution is 6.12. The number of hydrogen-bond acceptors (Lipinski definition) is 7. The molecule has 2 N–H and O–H groups in total. The van der Waals surface area contributed by atoms with E-state index in [9.17, 15) is 9.90 Å². The minimum Gasteiger partial charge on any atom is -0.388 e. The van der Waals surface area contributed by atoms with Crippen molar-refractivity contribution < 1.29 is 14.6 Å². The molecule has 0 radical (unpaired) electrons. The Morgan fingerprint density at radius 1 is 1.14 bits per heavy atom. The molecule has 2 aromatic rings. The molecular weight excluding hydrogens is 358 g/mol. The third kappa shape index (κ3) is 2.89. The van der Waals surface area contributed by atoms with E-state index in [1.807, 2.05) is 38.1 Å². The maximum absolute atomic E-state index is 13.3. The lowest BCUT2D eigenvalue weighted by Gasteiger charge is -2.29. The van der Waals surface area contributed by atoms with Gasteiger partial charge in [-0.3, -0.25) is 9.69 Å². The molecular formula is C20H25N5O3. The Bertz CT molecular complexity index is 891. The second kappa shape index (κ2) is 7.03. The van der Waals surface area contributed by atoms with Crippen LogP contribution in [0.25, 0.3) is 0 Å². The number of fused-ring (bicyclic) bond motifs is 1. The molecule has 8 heteroatoms. The molecule has 2 aliphatic rings. The van der Waals surface area contributed by atoms with Crippen LogP contribution in [0.1, 0.15) is 25.2 Å². The molecule has 0 bridgehead atoms. The Morgan fingerprint density at radius 3 is 2.39 bits per heavy atom. The predicted octanol–water partition coefficient (Wildman–Crippen LogP) is 1.80. The number of hydrogen-bond donors (Lipinski definition) is 2. The van der Waals surface area contributed by atoms with Crippen LogP contribution < -0.4 is 15.1 Å². The fourth-order valence-electron chi connectivity index (χ4n) is 3.84. The summed E-state index contributed by atoms with van der Waals surface area (Å²) in [5.41, 5.74) is 1.82. The number of nitrogens with one attached hydrogen (secondary N) is 1. The molecule has 1 amide bonds. The molecule has 1 aromatic carbocycles. The molecule has 1 aromatic heterocycles. The first kappa shape index (κ1) is 18.6. The fraction of sp³-hybridized carbons (Fsp3) is 0.450. The Balaban J connectivity index is 1.76. The van der Waals surface area contributed by atoms with Crippen LogP contribution in [-0.4, -0.2) is 54.3 Å². The van der Waals surface area contributed by atoms with Gasteiger partial charge in [0.1, 0.15) is 18.2 Å². The van der Waals surface area contributed by atoms with E-state index < -0.39 is 5.41 Å². The van der Waals surface area contributed by atoms with Crippen LogP contribution in [-0.2, 0) is 21.6 Å². The van der Waals surface area contributed by atoms with Gasteiger partial charge in [0.05, 0.1) is 29.9 Å². The Labute approximate surface area is 164 Å². The van der Waals surface area contributed by atoms with Crippen molar-refractivity contribution in [2.24, 2.45) is 0 Å². The van der Waals surface area contributed by atoms with Crippen molar-refractivity contribution in [3.05, 3.63) is 35.7 Å². The highest BCUT2D eigenvalue weighted by atomic mass is 16.5. The molecule has 0 atom stereocenters. The smallest absolute Gasteiger partial charge is 0.243 e. The lowest BCUT2D eigenvalue weighted by Crippen LogP contribution is -2.36. The standard InChI is InChI=1S/C20H25N5O3/c1-20(2)16-17(21-3)22-15(12-26)23-18(16)25(19(20)27)14-6-4-13(5-7-14)24-8-10-28-11-9-24/h4-7,26H,8-12H2,1-3H3,(H,21,22,23). The van der Waals surface area contributed by atoms with Gasteiger partial charge in [-0.1, -0.05) is 0 Å². The van der Waals surface area contributed by atoms with Crippen LogP contribution in [0.5, 0.6) is 0 Å². The van der Waals surface area contributed by atoms with E-state index in [0.717, 1.165) is 43.2 Å². The first-order valence-corrected chi connectivity index (χ1v) is 9.44. The van der Waals surface area contributed by atoms with Crippen molar-refractivity contribution in [1.29, 1.82) is 0 Å². The Morgan fingerprint density at radius 2 is 1.79 bits per heavy atom. The molecule has 3 heterocycles. The van der Waals surface area contributed by atoms with E-state index in [2.05, 4.69) is 20.2 Å². The van der Waals surface area contributed by atoms with E-state index in [-0.39, 0.29) is 18.3 Å². The minimum atomic E-state index is -0.773. The van der Waals surface area contributed by atoms with Gasteiger partial charge in [-0.2, -0.15) is 0 Å². The SMILES string of the molecule is CNc1nc(CO)nc2c1C(C)(C)C(=O)N2c1ccc(N2CCOCC2)cc1. The molecule has 4 rings (SSSR count). The highest BCUT2D eigenvalue weighted by Gasteiger charge is 2.48. The third-order valence-corrected chi connectivity index (χ3v) is 5.37. The van der Waals surface area contributed by atoms with E-state index in [0.29, 0.717) is 11.6 Å². The van der Waals surface area contributed by atoms with Gasteiger partial charge in [-0.25, -0.2) is 9.97 Å². The lowest BCUT2D eigenvalue weighted by molar-refractivity contribution is -0.121. The van der Waals surface area contributed by atoms with Crippen LogP contribution in [0, 0.1) is 0 Å². The number of aliphatic hydroxyl groups excluding tert-OH is 1. The number of nitrogens with zero attached hydrogens (tertiary/aromatic N) is 4. The first-order chi connectivity index (χ1) is 13.5. The first-order valence-electron chi connectivity index (χ1n) is 9.44. The van der Waals surface area contributed by atoms with E-state index in [1.165, 1.54) is 0 Å². The summed E-state index contributed by atoms with van der Waals surface area (Å²) in [6, 6.07) is 7.92. The van der Waals surface area contributed by atoms with Gasteiger partial charge in [-0.15, -0.1) is 0 Å². The molecule has 148 valence electrons. The molecule has 1 fully saturated rings. The monoisotopic (exact) mass is 383 g/mol. The van der Waals surface area contributed by atoms with Crippen LogP contribution in [0.4, 0.5) is 23.0 Å². The zero-order valence-electron chi connectivity index (χ0n) is 16.4. The molecule has 0 spiro atoms. The van der Waals surface area contributed by atoms with Gasteiger partial charge < -0.3 is 20.1 Å². The average molecular weight is 383 g/mol. The number of rotatable bonds is 4. The number of ether oxygens (including phenoxy) is 1. The zero-order chi connectivity index (χ0) is 19.9. The van der Waals surface area contributed by atoms with Gasteiger partial charge in [0.2, 0.25) is 5.91 Å². The highest BCUT2D eigenvalue weighted by Crippen LogP contribution is 2.47. The number of morpholine rings is 1. The van der Waals surface area contributed by atoms with Gasteiger partial charge >= 0.3 is 0 Å². The van der Waals surface area contributed by atoms with Crippen molar-refractivity contribution in [1.82, 2.24) is 9.97 Å². The largest absolute Gasteiger partial charge is 0.388 e. The lowest BCUT2D eigenvalue weighted by atomic mass is 9.87. The summed E-state index contributed by atoms with van der Waals surface area (Å²) >= 11 is 0. The zero-order valence-corrected chi connectivity index (χ0v) is 16.4. The van der Waals surface area contributed by atoms with E-state index in [1.54, 1.807) is 11.9 Å². The Hall–Kier alpha value is -2.71. The number of carbonyl (C=O) groups excluding carboxylic acids is 1. The molecule has 0 aliphatic carbocycles. The van der Waals surface area contributed by atoms with Crippen LogP contribution in [0.15, 0.2) is 24.3 Å². The second-order valence-electron chi connectivity index (χ2n) is 7.48. The molecule has 1 saturated heterocycles. The second-order valence-corrected chi connectivity index (χ2v) is 7.48. The van der Waals surface area contributed by atoms with Crippen molar-refractivity contribution in [2.45, 2.75) is 25.9 Å². The number of aromatic nitrogens is 2. The third-order valence-electron chi connectivity index (χ3n) is 5.37. The summed E-state index contributed by atoms with van der Waals surface area (Å²) in [7, 11) is 1.75. The maximum Gasteiger partial charge on any atom is 0.243 e. The van der Waals surface area contributed by atoms with Gasteiger partial charge in [0.15, 0.2) is 5.82 Å². The fourth-order valence-corrected chi connectivity index (χ4v) is 3.84. The van der Waals surface area contributed by atoms with Gasteiger partial charge in [-0.05, 0) is 38.1 Å². The normalized spacial score (nSPS) is 18.4. The molecule has 0 unspecified atom stereocenters. The quantitative estimate of drug-likeness (QED) is 0.832. The molecule has 8 nitrogen and oxygen atoms in total. The molecule has 28 heavy (non-hydrogen) atoms. The summed E-state index contributed by atoms with van der Waals surface area (Å²) in [5, 5.41) is 12.6. The van der Waals surface area contributed by atoms with E-state index in [4.69, 9.17) is 4.74 Å². The van der Waals surface area contributed by atoms with Gasteiger partial charge in [0, 0.05) is 25.8 Å². The summed E-state index contributed by atoms with van der Waals surface area (Å²) in [6.07, 6.45) is 0. The van der Waals surface area contributed by atoms with Crippen LogP contribution >= 0.6 is 0 Å². The average Bonchev–Trinajstić information content (AvgIpc) is 2.94. The number of carbonyl (C=O) groups is 1. The molecule has 0 saturated carbocycles. The van der Waals surface area contributed by atoms with Crippen molar-refractivity contribution in [2.75, 3.05) is 48.5 Å². The summed E-state index contributed by atoms with van der Waals surface area (Å²) < 4.78 is 5.41. The maximum atomic E-state index is 13.3. The minimum absolute atomic E-state index is 0.0671. The summed E-state index contributed by atoms with van der Waals surface area (Å²) in [5.74, 6) is 1.31. The van der Waals surface area contributed by atoms with Crippen molar-refractivity contribution in [3.63, 3.8) is 0 Å². The van der Waals surface area contributed by atoms with Crippen LogP contribution in [0.3, 0.4) is 0 Å². The summed E-state index contributed by atoms with van der Waals surface area (Å²) in [4.78, 5) is 26.0. The topological polar surface area (TPSA) is 90.8 Å². The van der Waals surface area contributed by atoms with Crippen molar-refractivity contribution in [3.8, 4) is 0 Å². The van der Waals surface area contributed by atoms with E-state index >= 15 is 0 Å². The number of amides is 1. The Kier molecular flexibility index (Phi) is 4.68. The summed E-state index contributed by atoms with van der Waals surface area (Å²) in [6.45, 7) is 6.62. The predicted molar refractivity (Wildman–Crippen MR) is 107 cm³/mol.